The first-order valence-electron chi connectivity index (χ1n) is 10.9. The molecule has 3 heterocycles. The number of pyridine rings is 1. The first-order valence-corrected chi connectivity index (χ1v) is 12.5. The molecule has 1 aliphatic rings. The topological polar surface area (TPSA) is 70.4 Å². The van der Waals surface area contributed by atoms with Crippen LogP contribution in [0.15, 0.2) is 99.5 Å². The lowest BCUT2D eigenvalue weighted by Crippen LogP contribution is -2.29. The van der Waals surface area contributed by atoms with Crippen molar-refractivity contribution >= 4 is 58.0 Å². The second-order valence-corrected chi connectivity index (χ2v) is 9.84. The molecule has 6 nitrogen and oxygen atoms in total. The number of hydrogen-bond donors (Lipinski definition) is 2. The lowest BCUT2D eigenvalue weighted by molar-refractivity contribution is -0.114. The number of carbonyl (C=O) groups is 1. The number of nitrogens with one attached hydrogen (secondary N) is 2. The summed E-state index contributed by atoms with van der Waals surface area (Å²) in [6, 6.07) is 24.5. The van der Waals surface area contributed by atoms with E-state index in [0.717, 1.165) is 32.8 Å². The number of halogens is 1. The van der Waals surface area contributed by atoms with Crippen LogP contribution in [0.5, 0.6) is 0 Å². The third kappa shape index (κ3) is 5.19. The molecular weight excluding hydrogens is 500 g/mol. The van der Waals surface area contributed by atoms with Gasteiger partial charge in [-0.3, -0.25) is 9.78 Å². The number of amides is 1. The van der Waals surface area contributed by atoms with Gasteiger partial charge in [0.2, 0.25) is 5.91 Å². The molecule has 9 heteroatoms. The molecule has 176 valence electrons. The van der Waals surface area contributed by atoms with E-state index in [0.29, 0.717) is 10.1 Å². The lowest BCUT2D eigenvalue weighted by Gasteiger charge is -2.26. The number of anilines is 2. The Kier molecular flexibility index (Phi) is 6.77. The van der Waals surface area contributed by atoms with E-state index >= 15 is 0 Å². The molecule has 0 bridgehead atoms. The summed E-state index contributed by atoms with van der Waals surface area (Å²) < 4.78 is 6.33. The number of rotatable bonds is 6. The van der Waals surface area contributed by atoms with Crippen molar-refractivity contribution in [1.82, 2.24) is 10.3 Å². The zero-order valence-electron chi connectivity index (χ0n) is 18.6. The van der Waals surface area contributed by atoms with Gasteiger partial charge < -0.3 is 20.0 Å². The van der Waals surface area contributed by atoms with E-state index < -0.39 is 0 Å². The molecule has 1 amide bonds. The van der Waals surface area contributed by atoms with Crippen LogP contribution in [-0.2, 0) is 4.79 Å². The van der Waals surface area contributed by atoms with Gasteiger partial charge >= 0.3 is 0 Å². The van der Waals surface area contributed by atoms with Gasteiger partial charge in [0.25, 0.3) is 0 Å². The Bertz CT molecular complexity index is 1340. The van der Waals surface area contributed by atoms with Crippen LogP contribution in [0.4, 0.5) is 11.4 Å². The first-order chi connectivity index (χ1) is 17.0. The highest BCUT2D eigenvalue weighted by Gasteiger charge is 2.42. The molecule has 0 radical (unpaired) electrons. The Balaban J connectivity index is 1.49. The molecule has 1 aliphatic heterocycles. The van der Waals surface area contributed by atoms with Crippen molar-refractivity contribution in [3.05, 3.63) is 102 Å². The first kappa shape index (κ1) is 23.4. The molecule has 0 aliphatic carbocycles. The van der Waals surface area contributed by atoms with Gasteiger partial charge in [-0.05, 0) is 85.0 Å². The average molecular weight is 521 g/mol. The highest BCUT2D eigenvalue weighted by Crippen LogP contribution is 2.43. The van der Waals surface area contributed by atoms with Gasteiger partial charge in [0, 0.05) is 34.4 Å². The predicted octanol–water partition coefficient (Wildman–Crippen LogP) is 6.61. The standard InChI is InChI=1S/C26H21ClN4O2S2/c1-16(32)29-18-7-9-19(10-8-18)31-25(24(30-26(31)34)21-4-2-3-15-28-21)22-13-14-23(33-22)35-20-11-5-17(27)6-12-20/h2-15,24-25H,1H3,(H,29,32)(H,30,34)/t24-,25+/m1/s1. The van der Waals surface area contributed by atoms with E-state index in [1.54, 1.807) is 6.20 Å². The molecule has 5 rings (SSSR count). The smallest absolute Gasteiger partial charge is 0.221 e. The fourth-order valence-electron chi connectivity index (χ4n) is 4.00. The number of thiocarbonyl (C=S) groups is 1. The van der Waals surface area contributed by atoms with Gasteiger partial charge in [-0.2, -0.15) is 0 Å². The van der Waals surface area contributed by atoms with Crippen LogP contribution in [0.25, 0.3) is 0 Å². The van der Waals surface area contributed by atoms with Crippen molar-refractivity contribution < 1.29 is 9.21 Å². The Morgan fingerprint density at radius 1 is 1.09 bits per heavy atom. The predicted molar refractivity (Wildman–Crippen MR) is 143 cm³/mol. The van der Waals surface area contributed by atoms with Crippen LogP contribution in [-0.4, -0.2) is 16.0 Å². The number of benzene rings is 2. The van der Waals surface area contributed by atoms with Crippen LogP contribution in [0.3, 0.4) is 0 Å². The Morgan fingerprint density at radius 2 is 1.86 bits per heavy atom. The fraction of sp³-hybridized carbons (Fsp3) is 0.115. The van der Waals surface area contributed by atoms with Gasteiger partial charge in [0.05, 0.1) is 11.7 Å². The van der Waals surface area contributed by atoms with Crippen molar-refractivity contribution in [2.24, 2.45) is 0 Å². The molecule has 0 saturated carbocycles. The van der Waals surface area contributed by atoms with Crippen LogP contribution in [0.2, 0.25) is 5.02 Å². The molecule has 1 saturated heterocycles. The monoisotopic (exact) mass is 520 g/mol. The van der Waals surface area contributed by atoms with Crippen molar-refractivity contribution in [3.63, 3.8) is 0 Å². The number of hydrogen-bond acceptors (Lipinski definition) is 5. The SMILES string of the molecule is CC(=O)Nc1ccc(N2C(=S)N[C@H](c3ccccn3)[C@@H]2c2ccc(Sc3ccc(Cl)cc3)o2)cc1. The average Bonchev–Trinajstić information content (AvgIpc) is 3.45. The summed E-state index contributed by atoms with van der Waals surface area (Å²) in [5, 5.41) is 8.25. The minimum absolute atomic E-state index is 0.120. The quantitative estimate of drug-likeness (QED) is 0.277. The maximum absolute atomic E-state index is 11.4. The Labute approximate surface area is 217 Å². The second kappa shape index (κ2) is 10.1. The van der Waals surface area contributed by atoms with E-state index in [1.165, 1.54) is 18.7 Å². The Morgan fingerprint density at radius 3 is 2.54 bits per heavy atom. The maximum Gasteiger partial charge on any atom is 0.221 e. The molecule has 0 unspecified atom stereocenters. The number of carbonyl (C=O) groups excluding carboxylic acids is 1. The summed E-state index contributed by atoms with van der Waals surface area (Å²) in [5.74, 6) is 0.640. The van der Waals surface area contributed by atoms with Crippen molar-refractivity contribution in [1.29, 1.82) is 0 Å². The highest BCUT2D eigenvalue weighted by molar-refractivity contribution is 7.99. The van der Waals surface area contributed by atoms with E-state index in [2.05, 4.69) is 15.6 Å². The highest BCUT2D eigenvalue weighted by atomic mass is 35.5. The van der Waals surface area contributed by atoms with Crippen LogP contribution >= 0.6 is 35.6 Å². The normalized spacial score (nSPS) is 17.3. The van der Waals surface area contributed by atoms with Crippen LogP contribution < -0.4 is 15.5 Å². The van der Waals surface area contributed by atoms with Crippen molar-refractivity contribution in [3.8, 4) is 0 Å². The molecule has 35 heavy (non-hydrogen) atoms. The van der Waals surface area contributed by atoms with Gasteiger partial charge in [-0.15, -0.1) is 0 Å². The molecule has 2 N–H and O–H groups in total. The minimum atomic E-state index is -0.261. The largest absolute Gasteiger partial charge is 0.452 e. The maximum atomic E-state index is 11.4. The molecular formula is C26H21ClN4O2S2. The summed E-state index contributed by atoms with van der Waals surface area (Å²) in [5.41, 5.74) is 2.46. The third-order valence-electron chi connectivity index (χ3n) is 5.49. The van der Waals surface area contributed by atoms with E-state index in [1.807, 2.05) is 83.8 Å². The summed E-state index contributed by atoms with van der Waals surface area (Å²) in [6.07, 6.45) is 1.77. The van der Waals surface area contributed by atoms with Gasteiger partial charge in [0.1, 0.15) is 11.8 Å². The summed E-state index contributed by atoms with van der Waals surface area (Å²) in [4.78, 5) is 19.0. The van der Waals surface area contributed by atoms with Gasteiger partial charge in [0.15, 0.2) is 10.2 Å². The second-order valence-electron chi connectivity index (χ2n) is 7.94. The number of furan rings is 1. The molecule has 2 aromatic heterocycles. The summed E-state index contributed by atoms with van der Waals surface area (Å²) >= 11 is 13.3. The summed E-state index contributed by atoms with van der Waals surface area (Å²) in [7, 11) is 0. The third-order valence-corrected chi connectivity index (χ3v) is 6.98. The Hall–Kier alpha value is -3.33. The zero-order chi connectivity index (χ0) is 24.4. The molecule has 4 aromatic rings. The van der Waals surface area contributed by atoms with E-state index in [9.17, 15) is 4.79 Å². The van der Waals surface area contributed by atoms with Gasteiger partial charge in [-0.25, -0.2) is 0 Å². The molecule has 2 aromatic carbocycles. The zero-order valence-corrected chi connectivity index (χ0v) is 21.0. The minimum Gasteiger partial charge on any atom is -0.452 e. The summed E-state index contributed by atoms with van der Waals surface area (Å²) in [6.45, 7) is 1.48. The van der Waals surface area contributed by atoms with E-state index in [-0.39, 0.29) is 18.0 Å². The van der Waals surface area contributed by atoms with Crippen molar-refractivity contribution in [2.75, 3.05) is 10.2 Å². The number of aromatic nitrogens is 1. The van der Waals surface area contributed by atoms with Crippen LogP contribution in [0, 0.1) is 0 Å². The molecule has 0 spiro atoms. The van der Waals surface area contributed by atoms with Gasteiger partial charge in [-0.1, -0.05) is 29.4 Å². The van der Waals surface area contributed by atoms with Crippen LogP contribution in [0.1, 0.15) is 30.5 Å². The molecule has 1 fully saturated rings. The van der Waals surface area contributed by atoms with Crippen molar-refractivity contribution in [2.45, 2.75) is 29.0 Å². The van der Waals surface area contributed by atoms with E-state index in [4.69, 9.17) is 28.2 Å². The molecule has 2 atom stereocenters. The fourth-order valence-corrected chi connectivity index (χ4v) is 5.25. The number of nitrogens with zero attached hydrogens (tertiary/aromatic N) is 2. The lowest BCUT2D eigenvalue weighted by atomic mass is 10.0.